The van der Waals surface area contributed by atoms with Crippen LogP contribution in [0.2, 0.25) is 0 Å². The van der Waals surface area contributed by atoms with E-state index >= 15 is 0 Å². The Morgan fingerprint density at radius 3 is 2.39 bits per heavy atom. The van der Waals surface area contributed by atoms with Crippen LogP contribution >= 0.6 is 0 Å². The molecular weight excluding hydrogens is 348 g/mol. The Labute approximate surface area is 165 Å². The van der Waals surface area contributed by atoms with Crippen molar-refractivity contribution in [2.45, 2.75) is 12.5 Å². The quantitative estimate of drug-likeness (QED) is 0.587. The van der Waals surface area contributed by atoms with Crippen LogP contribution in [0.1, 0.15) is 16.8 Å². The smallest absolute Gasteiger partial charge is 0.255 e. The maximum absolute atomic E-state index is 12.5. The molecule has 4 N–H and O–H groups in total. The van der Waals surface area contributed by atoms with E-state index in [1.807, 2.05) is 54.6 Å². The molecule has 1 heterocycles. The van der Waals surface area contributed by atoms with E-state index < -0.39 is 0 Å². The highest BCUT2D eigenvalue weighted by atomic mass is 16.1. The number of rotatable bonds is 5. The summed E-state index contributed by atoms with van der Waals surface area (Å²) < 4.78 is 0. The molecule has 0 aliphatic carbocycles. The van der Waals surface area contributed by atoms with E-state index in [4.69, 9.17) is 5.73 Å². The van der Waals surface area contributed by atoms with Crippen molar-refractivity contribution in [2.24, 2.45) is 0 Å². The second-order valence-corrected chi connectivity index (χ2v) is 7.03. The van der Waals surface area contributed by atoms with Gasteiger partial charge in [0.15, 0.2) is 0 Å². The SMILES string of the molecule is Nc1ccccc1NC(=O)c1ccc(N2CC[C@@H](Nc3ccccc3)C2)cc1. The molecule has 0 spiro atoms. The van der Waals surface area contributed by atoms with Crippen molar-refractivity contribution in [1.82, 2.24) is 0 Å². The lowest BCUT2D eigenvalue weighted by atomic mass is 10.1. The molecule has 3 aromatic carbocycles. The van der Waals surface area contributed by atoms with Crippen molar-refractivity contribution >= 4 is 28.7 Å². The Kier molecular flexibility index (Phi) is 5.15. The van der Waals surface area contributed by atoms with Gasteiger partial charge in [-0.2, -0.15) is 0 Å². The van der Waals surface area contributed by atoms with Gasteiger partial charge >= 0.3 is 0 Å². The number of benzene rings is 3. The summed E-state index contributed by atoms with van der Waals surface area (Å²) in [5, 5.41) is 6.45. The fourth-order valence-electron chi connectivity index (χ4n) is 3.51. The van der Waals surface area contributed by atoms with Crippen LogP contribution in [0.3, 0.4) is 0 Å². The largest absolute Gasteiger partial charge is 0.397 e. The van der Waals surface area contributed by atoms with Gasteiger partial charge < -0.3 is 21.3 Å². The van der Waals surface area contributed by atoms with Crippen LogP contribution in [-0.4, -0.2) is 25.0 Å². The lowest BCUT2D eigenvalue weighted by Crippen LogP contribution is -2.26. The molecule has 0 saturated carbocycles. The molecule has 0 bridgehead atoms. The Balaban J connectivity index is 1.37. The van der Waals surface area contributed by atoms with Gasteiger partial charge in [0.2, 0.25) is 0 Å². The predicted octanol–water partition coefficient (Wildman–Crippen LogP) is 4.21. The van der Waals surface area contributed by atoms with E-state index in [9.17, 15) is 4.79 Å². The van der Waals surface area contributed by atoms with E-state index in [1.165, 1.54) is 0 Å². The molecule has 1 fully saturated rings. The van der Waals surface area contributed by atoms with Crippen LogP contribution in [0.25, 0.3) is 0 Å². The van der Waals surface area contributed by atoms with Crippen LogP contribution in [-0.2, 0) is 0 Å². The minimum Gasteiger partial charge on any atom is -0.397 e. The van der Waals surface area contributed by atoms with E-state index in [0.29, 0.717) is 23.0 Å². The Morgan fingerprint density at radius 2 is 1.64 bits per heavy atom. The van der Waals surface area contributed by atoms with Gasteiger partial charge in [-0.05, 0) is 55.0 Å². The summed E-state index contributed by atoms with van der Waals surface area (Å²) in [6.07, 6.45) is 1.09. The number of carbonyl (C=O) groups is 1. The van der Waals surface area contributed by atoms with Crippen LogP contribution < -0.4 is 21.3 Å². The molecule has 5 heteroatoms. The monoisotopic (exact) mass is 372 g/mol. The Morgan fingerprint density at radius 1 is 0.929 bits per heavy atom. The minimum atomic E-state index is -0.158. The van der Waals surface area contributed by atoms with Gasteiger partial charge in [-0.25, -0.2) is 0 Å². The molecule has 4 rings (SSSR count). The number of anilines is 4. The number of nitrogens with one attached hydrogen (secondary N) is 2. The predicted molar refractivity (Wildman–Crippen MR) is 116 cm³/mol. The maximum atomic E-state index is 12.5. The van der Waals surface area contributed by atoms with E-state index in [2.05, 4.69) is 27.7 Å². The lowest BCUT2D eigenvalue weighted by Gasteiger charge is -2.20. The maximum Gasteiger partial charge on any atom is 0.255 e. The third-order valence-electron chi connectivity index (χ3n) is 5.04. The summed E-state index contributed by atoms with van der Waals surface area (Å²) in [5.41, 5.74) is 9.98. The van der Waals surface area contributed by atoms with Crippen molar-refractivity contribution in [3.8, 4) is 0 Å². The van der Waals surface area contributed by atoms with Crippen molar-refractivity contribution in [1.29, 1.82) is 0 Å². The molecule has 1 aliphatic heterocycles. The molecule has 28 heavy (non-hydrogen) atoms. The second kappa shape index (κ2) is 8.05. The Hall–Kier alpha value is -3.47. The molecule has 1 saturated heterocycles. The fraction of sp³-hybridized carbons (Fsp3) is 0.174. The first-order valence-corrected chi connectivity index (χ1v) is 9.51. The molecule has 3 aromatic rings. The number of carbonyl (C=O) groups excluding carboxylic acids is 1. The standard InChI is InChI=1S/C23H24N4O/c24-21-8-4-5-9-22(21)26-23(28)17-10-12-20(13-11-17)27-15-14-19(16-27)25-18-6-2-1-3-7-18/h1-13,19,25H,14-16,24H2,(H,26,28)/t19-/m1/s1. The van der Waals surface area contributed by atoms with Crippen molar-refractivity contribution in [3.63, 3.8) is 0 Å². The highest BCUT2D eigenvalue weighted by Gasteiger charge is 2.22. The van der Waals surface area contributed by atoms with E-state index in [1.54, 1.807) is 12.1 Å². The summed E-state index contributed by atoms with van der Waals surface area (Å²) in [6.45, 7) is 1.94. The molecule has 0 radical (unpaired) electrons. The Bertz CT molecular complexity index is 940. The second-order valence-electron chi connectivity index (χ2n) is 7.03. The van der Waals surface area contributed by atoms with Crippen molar-refractivity contribution in [2.75, 3.05) is 34.4 Å². The fourth-order valence-corrected chi connectivity index (χ4v) is 3.51. The zero-order valence-electron chi connectivity index (χ0n) is 15.6. The zero-order valence-corrected chi connectivity index (χ0v) is 15.6. The molecule has 1 amide bonds. The third kappa shape index (κ3) is 4.09. The van der Waals surface area contributed by atoms with Gasteiger partial charge in [0, 0.05) is 36.1 Å². The molecule has 0 aromatic heterocycles. The number of nitrogens with zero attached hydrogens (tertiary/aromatic N) is 1. The number of hydrogen-bond donors (Lipinski definition) is 3. The highest BCUT2D eigenvalue weighted by molar-refractivity contribution is 6.05. The molecule has 1 aliphatic rings. The number of para-hydroxylation sites is 3. The normalized spacial score (nSPS) is 16.0. The summed E-state index contributed by atoms with van der Waals surface area (Å²) in [6, 6.07) is 25.7. The van der Waals surface area contributed by atoms with Crippen LogP contribution in [0.15, 0.2) is 78.9 Å². The summed E-state index contributed by atoms with van der Waals surface area (Å²) in [7, 11) is 0. The molecule has 142 valence electrons. The molecule has 5 nitrogen and oxygen atoms in total. The zero-order chi connectivity index (χ0) is 19.3. The first-order valence-electron chi connectivity index (χ1n) is 9.51. The number of amides is 1. The summed E-state index contributed by atoms with van der Waals surface area (Å²) in [5.74, 6) is -0.158. The van der Waals surface area contributed by atoms with E-state index in [-0.39, 0.29) is 5.91 Å². The van der Waals surface area contributed by atoms with E-state index in [0.717, 1.165) is 30.9 Å². The summed E-state index contributed by atoms with van der Waals surface area (Å²) >= 11 is 0. The number of hydrogen-bond acceptors (Lipinski definition) is 4. The third-order valence-corrected chi connectivity index (χ3v) is 5.04. The highest BCUT2D eigenvalue weighted by Crippen LogP contribution is 2.24. The average molecular weight is 372 g/mol. The topological polar surface area (TPSA) is 70.4 Å². The first kappa shape index (κ1) is 17.9. The van der Waals surface area contributed by atoms with Crippen molar-refractivity contribution in [3.05, 3.63) is 84.4 Å². The van der Waals surface area contributed by atoms with Gasteiger partial charge in [0.1, 0.15) is 0 Å². The number of nitrogen functional groups attached to an aromatic ring is 1. The van der Waals surface area contributed by atoms with Gasteiger partial charge in [0.05, 0.1) is 11.4 Å². The van der Waals surface area contributed by atoms with Gasteiger partial charge in [-0.3, -0.25) is 4.79 Å². The van der Waals surface area contributed by atoms with Gasteiger partial charge in [-0.15, -0.1) is 0 Å². The first-order chi connectivity index (χ1) is 13.7. The van der Waals surface area contributed by atoms with Crippen molar-refractivity contribution < 1.29 is 4.79 Å². The summed E-state index contributed by atoms with van der Waals surface area (Å²) in [4.78, 5) is 14.8. The molecular formula is C23H24N4O. The number of nitrogens with two attached hydrogens (primary N) is 1. The van der Waals surface area contributed by atoms with Crippen LogP contribution in [0.4, 0.5) is 22.7 Å². The van der Waals surface area contributed by atoms with Crippen LogP contribution in [0.5, 0.6) is 0 Å². The molecule has 0 unspecified atom stereocenters. The average Bonchev–Trinajstić information content (AvgIpc) is 3.19. The van der Waals surface area contributed by atoms with Gasteiger partial charge in [0.25, 0.3) is 5.91 Å². The lowest BCUT2D eigenvalue weighted by molar-refractivity contribution is 0.102. The van der Waals surface area contributed by atoms with Crippen LogP contribution in [0, 0.1) is 0 Å². The molecule has 1 atom stereocenters. The van der Waals surface area contributed by atoms with Gasteiger partial charge in [-0.1, -0.05) is 30.3 Å². The minimum absolute atomic E-state index is 0.158.